The van der Waals surface area contributed by atoms with E-state index in [9.17, 15) is 0 Å². The van der Waals surface area contributed by atoms with Gasteiger partial charge >= 0.3 is 0 Å². The summed E-state index contributed by atoms with van der Waals surface area (Å²) in [5.74, 6) is 0.489. The molecule has 1 heterocycles. The van der Waals surface area contributed by atoms with Crippen LogP contribution in [0.2, 0.25) is 0 Å². The van der Waals surface area contributed by atoms with E-state index < -0.39 is 0 Å². The van der Waals surface area contributed by atoms with E-state index in [2.05, 4.69) is 46.4 Å². The summed E-state index contributed by atoms with van der Waals surface area (Å²) in [7, 11) is 0. The third kappa shape index (κ3) is 6.73. The van der Waals surface area contributed by atoms with Gasteiger partial charge in [0, 0.05) is 24.5 Å². The van der Waals surface area contributed by atoms with Crippen LogP contribution in [0, 0.1) is 5.92 Å². The Morgan fingerprint density at radius 1 is 1.05 bits per heavy atom. The van der Waals surface area contributed by atoms with Gasteiger partial charge in [0.05, 0.1) is 25.4 Å². The van der Waals surface area contributed by atoms with Gasteiger partial charge in [-0.15, -0.1) is 0 Å². The normalized spacial score (nSPS) is 21.0. The van der Waals surface area contributed by atoms with E-state index in [1.807, 2.05) is 0 Å². The van der Waals surface area contributed by atoms with E-state index in [1.165, 1.54) is 0 Å². The molecule has 114 valence electrons. The van der Waals surface area contributed by atoms with Crippen molar-refractivity contribution in [1.29, 1.82) is 0 Å². The molecule has 0 aromatic rings. The zero-order valence-electron chi connectivity index (χ0n) is 13.7. The van der Waals surface area contributed by atoms with Gasteiger partial charge in [-0.25, -0.2) is 0 Å². The van der Waals surface area contributed by atoms with Gasteiger partial charge in [-0.1, -0.05) is 6.92 Å². The summed E-state index contributed by atoms with van der Waals surface area (Å²) in [5, 5.41) is 0. The highest BCUT2D eigenvalue weighted by atomic mass is 16.5. The summed E-state index contributed by atoms with van der Waals surface area (Å²) in [4.78, 5) is 2.55. The van der Waals surface area contributed by atoms with Crippen LogP contribution < -0.4 is 0 Å². The Kier molecular flexibility index (Phi) is 6.78. The molecule has 0 amide bonds. The van der Waals surface area contributed by atoms with Crippen molar-refractivity contribution >= 4 is 0 Å². The molecule has 1 atom stereocenters. The minimum atomic E-state index is 0.295. The van der Waals surface area contributed by atoms with Crippen molar-refractivity contribution in [2.75, 3.05) is 26.3 Å². The maximum atomic E-state index is 6.03. The first kappa shape index (κ1) is 16.9. The number of likely N-dealkylation sites (tertiary alicyclic amines) is 1. The van der Waals surface area contributed by atoms with Crippen molar-refractivity contribution in [2.45, 2.75) is 72.1 Å². The van der Waals surface area contributed by atoms with Gasteiger partial charge in [-0.05, 0) is 47.5 Å². The molecule has 1 aliphatic heterocycles. The van der Waals surface area contributed by atoms with Gasteiger partial charge < -0.3 is 9.47 Å². The molecule has 1 rings (SSSR count). The van der Waals surface area contributed by atoms with Crippen LogP contribution in [0.1, 0.15) is 54.4 Å². The number of piperidine rings is 1. The van der Waals surface area contributed by atoms with Crippen LogP contribution in [0.4, 0.5) is 0 Å². The number of hydrogen-bond acceptors (Lipinski definition) is 3. The molecule has 1 saturated heterocycles. The summed E-state index contributed by atoms with van der Waals surface area (Å²) in [5.41, 5.74) is 0.295. The lowest BCUT2D eigenvalue weighted by Gasteiger charge is -2.40. The van der Waals surface area contributed by atoms with E-state index in [-0.39, 0.29) is 0 Å². The molecular weight excluding hydrogens is 238 g/mol. The molecule has 0 N–H and O–H groups in total. The molecule has 19 heavy (non-hydrogen) atoms. The highest BCUT2D eigenvalue weighted by Gasteiger charge is 2.27. The molecule has 0 spiro atoms. The van der Waals surface area contributed by atoms with Crippen LogP contribution in [0.15, 0.2) is 0 Å². The Morgan fingerprint density at radius 2 is 1.63 bits per heavy atom. The van der Waals surface area contributed by atoms with Crippen LogP contribution in [0.3, 0.4) is 0 Å². The average molecular weight is 271 g/mol. The van der Waals surface area contributed by atoms with Crippen molar-refractivity contribution in [3.63, 3.8) is 0 Å². The minimum Gasteiger partial charge on any atom is -0.378 e. The Labute approximate surface area is 119 Å². The summed E-state index contributed by atoms with van der Waals surface area (Å²) in [6.45, 7) is 17.2. The fraction of sp³-hybridized carbons (Fsp3) is 1.00. The van der Waals surface area contributed by atoms with E-state index in [1.54, 1.807) is 0 Å². The standard InChI is InChI=1S/C16H33NO2/c1-13(2)18-11-14(3)12-19-15-7-9-17(10-8-15)16(4,5)6/h13-15H,7-12H2,1-6H3. The second kappa shape index (κ2) is 7.61. The average Bonchev–Trinajstić information content (AvgIpc) is 2.33. The Balaban J connectivity index is 2.16. The van der Waals surface area contributed by atoms with Gasteiger partial charge in [0.15, 0.2) is 0 Å². The SMILES string of the molecule is CC(COC(C)C)COC1CCN(C(C)(C)C)CC1. The van der Waals surface area contributed by atoms with Crippen molar-refractivity contribution in [2.24, 2.45) is 5.92 Å². The van der Waals surface area contributed by atoms with E-state index in [4.69, 9.17) is 9.47 Å². The lowest BCUT2D eigenvalue weighted by Crippen LogP contribution is -2.47. The maximum absolute atomic E-state index is 6.03. The molecule has 1 unspecified atom stereocenters. The fourth-order valence-electron chi connectivity index (χ4n) is 2.40. The highest BCUT2D eigenvalue weighted by molar-refractivity contribution is 4.82. The lowest BCUT2D eigenvalue weighted by molar-refractivity contribution is -0.0403. The predicted octanol–water partition coefficient (Wildman–Crippen LogP) is 3.33. The molecule has 0 saturated carbocycles. The second-order valence-corrected chi connectivity index (χ2v) is 7.18. The quantitative estimate of drug-likeness (QED) is 0.739. The molecule has 0 radical (unpaired) electrons. The minimum absolute atomic E-state index is 0.295. The van der Waals surface area contributed by atoms with Crippen molar-refractivity contribution < 1.29 is 9.47 Å². The van der Waals surface area contributed by atoms with Gasteiger partial charge in [0.25, 0.3) is 0 Å². The van der Waals surface area contributed by atoms with E-state index in [0.29, 0.717) is 23.7 Å². The zero-order chi connectivity index (χ0) is 14.5. The molecular formula is C16H33NO2. The van der Waals surface area contributed by atoms with Crippen LogP contribution >= 0.6 is 0 Å². The molecule has 1 fully saturated rings. The van der Waals surface area contributed by atoms with Crippen LogP contribution in [-0.4, -0.2) is 49.0 Å². The van der Waals surface area contributed by atoms with Crippen LogP contribution in [0.5, 0.6) is 0 Å². The molecule has 0 aliphatic carbocycles. The van der Waals surface area contributed by atoms with E-state index >= 15 is 0 Å². The van der Waals surface area contributed by atoms with Gasteiger partial charge in [-0.3, -0.25) is 4.90 Å². The zero-order valence-corrected chi connectivity index (χ0v) is 13.7. The number of ether oxygens (including phenoxy) is 2. The van der Waals surface area contributed by atoms with Crippen molar-refractivity contribution in [3.05, 3.63) is 0 Å². The molecule has 3 heteroatoms. The Hall–Kier alpha value is -0.120. The lowest BCUT2D eigenvalue weighted by atomic mass is 9.99. The first-order valence-corrected chi connectivity index (χ1v) is 7.77. The summed E-state index contributed by atoms with van der Waals surface area (Å²) >= 11 is 0. The maximum Gasteiger partial charge on any atom is 0.0599 e. The predicted molar refractivity (Wildman–Crippen MR) is 80.6 cm³/mol. The Bertz CT molecular complexity index is 240. The van der Waals surface area contributed by atoms with Gasteiger partial charge in [0.1, 0.15) is 0 Å². The third-order valence-corrected chi connectivity index (χ3v) is 3.72. The number of nitrogens with zero attached hydrogens (tertiary/aromatic N) is 1. The second-order valence-electron chi connectivity index (χ2n) is 7.18. The third-order valence-electron chi connectivity index (χ3n) is 3.72. The monoisotopic (exact) mass is 271 g/mol. The summed E-state index contributed by atoms with van der Waals surface area (Å²) in [6, 6.07) is 0. The molecule has 0 aromatic heterocycles. The van der Waals surface area contributed by atoms with Crippen LogP contribution in [0.25, 0.3) is 0 Å². The summed E-state index contributed by atoms with van der Waals surface area (Å²) < 4.78 is 11.6. The van der Waals surface area contributed by atoms with Crippen molar-refractivity contribution in [1.82, 2.24) is 4.90 Å². The van der Waals surface area contributed by atoms with E-state index in [0.717, 1.165) is 39.1 Å². The van der Waals surface area contributed by atoms with Crippen LogP contribution in [-0.2, 0) is 9.47 Å². The molecule has 0 aromatic carbocycles. The van der Waals surface area contributed by atoms with Crippen molar-refractivity contribution in [3.8, 4) is 0 Å². The largest absolute Gasteiger partial charge is 0.378 e. The Morgan fingerprint density at radius 3 is 2.11 bits per heavy atom. The topological polar surface area (TPSA) is 21.7 Å². The first-order valence-electron chi connectivity index (χ1n) is 7.77. The number of hydrogen-bond donors (Lipinski definition) is 0. The molecule has 3 nitrogen and oxygen atoms in total. The highest BCUT2D eigenvalue weighted by Crippen LogP contribution is 2.22. The smallest absolute Gasteiger partial charge is 0.0599 e. The van der Waals surface area contributed by atoms with Gasteiger partial charge in [0.2, 0.25) is 0 Å². The summed E-state index contributed by atoms with van der Waals surface area (Å²) in [6.07, 6.45) is 3.09. The van der Waals surface area contributed by atoms with Gasteiger partial charge in [-0.2, -0.15) is 0 Å². The molecule has 0 bridgehead atoms. The first-order chi connectivity index (χ1) is 8.79. The number of rotatable bonds is 6. The molecule has 1 aliphatic rings. The fourth-order valence-corrected chi connectivity index (χ4v) is 2.40.